The fourth-order valence-corrected chi connectivity index (χ4v) is 4.46. The lowest BCUT2D eigenvalue weighted by Crippen LogP contribution is -2.25. The highest BCUT2D eigenvalue weighted by molar-refractivity contribution is 7.89. The van der Waals surface area contributed by atoms with Crippen LogP contribution >= 0.6 is 11.6 Å². The van der Waals surface area contributed by atoms with Gasteiger partial charge in [0.15, 0.2) is 5.65 Å². The predicted molar refractivity (Wildman–Crippen MR) is 123 cm³/mol. The minimum atomic E-state index is -3.67. The van der Waals surface area contributed by atoms with E-state index in [1.807, 2.05) is 53.1 Å². The smallest absolute Gasteiger partial charge is 0.240 e. The topological polar surface area (TPSA) is 76.9 Å². The largest absolute Gasteiger partial charge is 0.307 e. The maximum absolute atomic E-state index is 12.8. The van der Waals surface area contributed by atoms with Gasteiger partial charge in [0.1, 0.15) is 11.3 Å². The number of hydrogen-bond acceptors (Lipinski definition) is 4. The molecule has 2 aromatic heterocycles. The third-order valence-corrected chi connectivity index (χ3v) is 6.78. The SMILES string of the molecule is CC(C)c1ccc(S(=O)(=O)NCc2nc3cccnc3n2Cc2ccc(Cl)cc2)cc1. The number of benzene rings is 2. The van der Waals surface area contributed by atoms with Gasteiger partial charge in [-0.2, -0.15) is 0 Å². The molecule has 0 fully saturated rings. The Hall–Kier alpha value is -2.74. The number of nitrogens with one attached hydrogen (secondary N) is 1. The number of nitrogens with zero attached hydrogens (tertiary/aromatic N) is 3. The average molecular weight is 455 g/mol. The van der Waals surface area contributed by atoms with Gasteiger partial charge in [0, 0.05) is 11.2 Å². The third-order valence-electron chi connectivity index (χ3n) is 5.11. The molecule has 0 bridgehead atoms. The maximum atomic E-state index is 12.8. The Morgan fingerprint density at radius 2 is 1.74 bits per heavy atom. The maximum Gasteiger partial charge on any atom is 0.240 e. The van der Waals surface area contributed by atoms with E-state index >= 15 is 0 Å². The van der Waals surface area contributed by atoms with E-state index in [1.165, 1.54) is 0 Å². The molecule has 0 saturated carbocycles. The summed E-state index contributed by atoms with van der Waals surface area (Å²) in [6, 6.07) is 18.2. The Morgan fingerprint density at radius 1 is 1.03 bits per heavy atom. The normalized spacial score (nSPS) is 12.0. The van der Waals surface area contributed by atoms with Crippen LogP contribution in [0.4, 0.5) is 0 Å². The first-order chi connectivity index (χ1) is 14.8. The zero-order valence-electron chi connectivity index (χ0n) is 17.3. The van der Waals surface area contributed by atoms with Crippen molar-refractivity contribution in [2.75, 3.05) is 0 Å². The van der Waals surface area contributed by atoms with Gasteiger partial charge < -0.3 is 4.57 Å². The first-order valence-corrected chi connectivity index (χ1v) is 11.8. The van der Waals surface area contributed by atoms with E-state index in [1.54, 1.807) is 18.3 Å². The molecule has 0 aliphatic carbocycles. The van der Waals surface area contributed by atoms with Crippen LogP contribution in [-0.4, -0.2) is 23.0 Å². The van der Waals surface area contributed by atoms with Crippen LogP contribution in [0.15, 0.2) is 71.8 Å². The summed E-state index contributed by atoms with van der Waals surface area (Å²) in [6.07, 6.45) is 1.70. The van der Waals surface area contributed by atoms with Gasteiger partial charge in [-0.15, -0.1) is 0 Å². The Labute approximate surface area is 187 Å². The number of sulfonamides is 1. The number of hydrogen-bond donors (Lipinski definition) is 1. The lowest BCUT2D eigenvalue weighted by molar-refractivity contribution is 0.576. The van der Waals surface area contributed by atoms with Gasteiger partial charge in [-0.25, -0.2) is 23.1 Å². The van der Waals surface area contributed by atoms with Gasteiger partial charge in [0.25, 0.3) is 0 Å². The summed E-state index contributed by atoms with van der Waals surface area (Å²) >= 11 is 6.00. The molecule has 4 aromatic rings. The van der Waals surface area contributed by atoms with Gasteiger partial charge in [-0.05, 0) is 53.4 Å². The van der Waals surface area contributed by atoms with E-state index in [0.29, 0.717) is 34.5 Å². The molecule has 0 spiro atoms. The minimum Gasteiger partial charge on any atom is -0.307 e. The van der Waals surface area contributed by atoms with Crippen molar-refractivity contribution in [2.45, 2.75) is 37.8 Å². The van der Waals surface area contributed by atoms with Crippen molar-refractivity contribution < 1.29 is 8.42 Å². The monoisotopic (exact) mass is 454 g/mol. The van der Waals surface area contributed by atoms with E-state index < -0.39 is 10.0 Å². The molecule has 0 aliphatic heterocycles. The summed E-state index contributed by atoms with van der Waals surface area (Å²) in [4.78, 5) is 9.28. The molecule has 1 N–H and O–H groups in total. The highest BCUT2D eigenvalue weighted by Crippen LogP contribution is 2.20. The summed E-state index contributed by atoms with van der Waals surface area (Å²) < 4.78 is 30.3. The number of rotatable bonds is 7. The molecule has 0 radical (unpaired) electrons. The van der Waals surface area contributed by atoms with Gasteiger partial charge in [0.2, 0.25) is 10.0 Å². The Balaban J connectivity index is 1.61. The fraction of sp³-hybridized carbons (Fsp3) is 0.217. The molecule has 2 aromatic carbocycles. The van der Waals surface area contributed by atoms with Crippen LogP contribution in [0.5, 0.6) is 0 Å². The van der Waals surface area contributed by atoms with Crippen LogP contribution < -0.4 is 4.72 Å². The van der Waals surface area contributed by atoms with Crippen molar-refractivity contribution in [1.29, 1.82) is 0 Å². The number of halogens is 1. The number of aromatic nitrogens is 3. The molecule has 0 saturated heterocycles. The Bertz CT molecular complexity index is 1300. The van der Waals surface area contributed by atoms with Crippen molar-refractivity contribution in [3.63, 3.8) is 0 Å². The summed E-state index contributed by atoms with van der Waals surface area (Å²) in [5.41, 5.74) is 3.53. The number of fused-ring (bicyclic) bond motifs is 1. The molecule has 31 heavy (non-hydrogen) atoms. The zero-order valence-corrected chi connectivity index (χ0v) is 18.9. The van der Waals surface area contributed by atoms with E-state index in [-0.39, 0.29) is 11.4 Å². The summed E-state index contributed by atoms with van der Waals surface area (Å²) in [5.74, 6) is 0.927. The summed E-state index contributed by atoms with van der Waals surface area (Å²) in [5, 5.41) is 0.661. The van der Waals surface area contributed by atoms with Gasteiger partial charge in [-0.3, -0.25) is 0 Å². The zero-order chi connectivity index (χ0) is 22.0. The first-order valence-electron chi connectivity index (χ1n) is 9.98. The van der Waals surface area contributed by atoms with Crippen LogP contribution in [0.3, 0.4) is 0 Å². The fourth-order valence-electron chi connectivity index (χ4n) is 3.35. The van der Waals surface area contributed by atoms with Gasteiger partial charge in [-0.1, -0.05) is 49.7 Å². The van der Waals surface area contributed by atoms with Crippen molar-refractivity contribution in [3.05, 3.63) is 88.8 Å². The van der Waals surface area contributed by atoms with Gasteiger partial charge >= 0.3 is 0 Å². The van der Waals surface area contributed by atoms with Crippen molar-refractivity contribution in [2.24, 2.45) is 0 Å². The van der Waals surface area contributed by atoms with Crippen LogP contribution in [0.2, 0.25) is 5.02 Å². The molecule has 0 unspecified atom stereocenters. The van der Waals surface area contributed by atoms with Crippen molar-refractivity contribution in [3.8, 4) is 0 Å². The predicted octanol–water partition coefficient (Wildman–Crippen LogP) is 4.73. The van der Waals surface area contributed by atoms with Crippen LogP contribution in [-0.2, 0) is 23.1 Å². The van der Waals surface area contributed by atoms with E-state index in [0.717, 1.165) is 11.1 Å². The van der Waals surface area contributed by atoms with E-state index in [4.69, 9.17) is 11.6 Å². The van der Waals surface area contributed by atoms with Crippen molar-refractivity contribution in [1.82, 2.24) is 19.3 Å². The lowest BCUT2D eigenvalue weighted by Gasteiger charge is -2.11. The van der Waals surface area contributed by atoms with Crippen LogP contribution in [0.25, 0.3) is 11.2 Å². The van der Waals surface area contributed by atoms with E-state index in [9.17, 15) is 8.42 Å². The molecule has 2 heterocycles. The quantitative estimate of drug-likeness (QED) is 0.437. The first kappa shape index (κ1) is 21.5. The number of imidazole rings is 1. The summed E-state index contributed by atoms with van der Waals surface area (Å²) in [7, 11) is -3.67. The highest BCUT2D eigenvalue weighted by atomic mass is 35.5. The minimum absolute atomic E-state index is 0.0538. The lowest BCUT2D eigenvalue weighted by atomic mass is 10.0. The van der Waals surface area contributed by atoms with Crippen LogP contribution in [0, 0.1) is 0 Å². The Kier molecular flexibility index (Phi) is 6.09. The molecule has 8 heteroatoms. The van der Waals surface area contributed by atoms with Gasteiger partial charge in [0.05, 0.1) is 18.0 Å². The molecule has 160 valence electrons. The second-order valence-electron chi connectivity index (χ2n) is 7.64. The molecular formula is C23H23ClN4O2S. The molecule has 0 amide bonds. The Morgan fingerprint density at radius 3 is 2.42 bits per heavy atom. The molecule has 0 aliphatic rings. The van der Waals surface area contributed by atoms with Crippen molar-refractivity contribution >= 4 is 32.8 Å². The molecule has 4 rings (SSSR count). The second-order valence-corrected chi connectivity index (χ2v) is 9.84. The van der Waals surface area contributed by atoms with E-state index in [2.05, 4.69) is 28.5 Å². The average Bonchev–Trinajstić information content (AvgIpc) is 3.11. The highest BCUT2D eigenvalue weighted by Gasteiger charge is 2.18. The third kappa shape index (κ3) is 4.79. The summed E-state index contributed by atoms with van der Waals surface area (Å²) in [6.45, 7) is 4.70. The van der Waals surface area contributed by atoms with Crippen LogP contribution in [0.1, 0.15) is 36.7 Å². The molecular weight excluding hydrogens is 432 g/mol. The standard InChI is InChI=1S/C23H23ClN4O2S/c1-16(2)18-7-11-20(12-8-18)31(29,30)26-14-22-27-21-4-3-13-25-23(21)28(22)15-17-5-9-19(24)10-6-17/h3-13,16,26H,14-15H2,1-2H3. The second kappa shape index (κ2) is 8.78. The molecule has 0 atom stereocenters. The number of pyridine rings is 1. The molecule has 6 nitrogen and oxygen atoms in total.